The predicted molar refractivity (Wildman–Crippen MR) is 122 cm³/mol. The molecule has 10 nitrogen and oxygen atoms in total. The summed E-state index contributed by atoms with van der Waals surface area (Å²) < 4.78 is 57.2. The van der Waals surface area contributed by atoms with Gasteiger partial charge in [-0.3, -0.25) is 4.55 Å². The van der Waals surface area contributed by atoms with Crippen LogP contribution in [-0.2, 0) is 30.8 Å². The van der Waals surface area contributed by atoms with E-state index >= 15 is 0 Å². The van der Waals surface area contributed by atoms with Gasteiger partial charge in [-0.1, -0.05) is 18.7 Å². The quantitative estimate of drug-likeness (QED) is 0.321. The van der Waals surface area contributed by atoms with E-state index in [4.69, 9.17) is 9.81 Å². The minimum atomic E-state index is -4.46. The molecule has 0 aliphatic rings. The number of sulfone groups is 1. The number of aryl methyl sites for hydroxylation is 1. The first kappa shape index (κ1) is 27.1. The molecule has 0 spiro atoms. The number of nitriles is 1. The summed E-state index contributed by atoms with van der Waals surface area (Å²) in [5, 5.41) is 14.4. The van der Waals surface area contributed by atoms with Gasteiger partial charge in [0, 0.05) is 25.4 Å². The molecule has 0 atom stereocenters. The molecule has 0 unspecified atom stereocenters. The summed E-state index contributed by atoms with van der Waals surface area (Å²) in [5.41, 5.74) is 1.91. The van der Waals surface area contributed by atoms with Crippen molar-refractivity contribution in [3.05, 3.63) is 59.5 Å². The molecule has 0 aliphatic carbocycles. The maximum atomic E-state index is 11.7. The van der Waals surface area contributed by atoms with Crippen LogP contribution in [0.1, 0.15) is 18.1 Å². The molecule has 32 heavy (non-hydrogen) atoms. The molecular formula is C20H26N4O6S2. The van der Waals surface area contributed by atoms with Crippen molar-refractivity contribution in [1.29, 1.82) is 5.26 Å². The lowest BCUT2D eigenvalue weighted by Gasteiger charge is -2.11. The summed E-state index contributed by atoms with van der Waals surface area (Å²) in [7, 11) is -7.89. The normalized spacial score (nSPS) is 10.9. The average molecular weight is 483 g/mol. The average Bonchev–Trinajstić information content (AvgIpc) is 2.71. The Morgan fingerprint density at radius 2 is 1.66 bits per heavy atom. The summed E-state index contributed by atoms with van der Waals surface area (Å²) in [6.07, 6.45) is 0.662. The van der Waals surface area contributed by atoms with Gasteiger partial charge in [-0.15, -0.1) is 0 Å². The van der Waals surface area contributed by atoms with E-state index in [0.717, 1.165) is 16.5 Å². The second kappa shape index (κ2) is 12.8. The van der Waals surface area contributed by atoms with Gasteiger partial charge in [0.05, 0.1) is 17.6 Å². The van der Waals surface area contributed by atoms with E-state index in [0.29, 0.717) is 24.6 Å². The van der Waals surface area contributed by atoms with Gasteiger partial charge in [0.25, 0.3) is 0 Å². The maximum absolute atomic E-state index is 11.7. The molecule has 2 rings (SSSR count). The number of hydrogen-bond donors (Lipinski definition) is 3. The number of rotatable bonds is 11. The van der Waals surface area contributed by atoms with Gasteiger partial charge in [0.15, 0.2) is 9.84 Å². The Bertz CT molecular complexity index is 1140. The first-order valence-electron chi connectivity index (χ1n) is 9.36. The molecule has 1 aromatic heterocycles. The number of hydrogen-bond acceptors (Lipinski definition) is 9. The Labute approximate surface area is 188 Å². The summed E-state index contributed by atoms with van der Waals surface area (Å²) in [6.45, 7) is 7.13. The minimum Gasteiger partial charge on any atom is -0.370 e. The van der Waals surface area contributed by atoms with Crippen molar-refractivity contribution in [2.75, 3.05) is 30.3 Å². The summed E-state index contributed by atoms with van der Waals surface area (Å²) in [4.78, 5) is 4.58. The fourth-order valence-corrected chi connectivity index (χ4v) is 3.45. The highest BCUT2D eigenvalue weighted by Crippen LogP contribution is 2.15. The first-order chi connectivity index (χ1) is 15.0. The van der Waals surface area contributed by atoms with Crippen molar-refractivity contribution in [2.45, 2.75) is 25.2 Å². The number of anilines is 2. The minimum absolute atomic E-state index is 0.148. The molecule has 0 aliphatic heterocycles. The van der Waals surface area contributed by atoms with E-state index in [9.17, 15) is 16.8 Å². The number of aromatic nitrogens is 1. The molecule has 174 valence electrons. The summed E-state index contributed by atoms with van der Waals surface area (Å²) in [6, 6.07) is 12.0. The van der Waals surface area contributed by atoms with Crippen molar-refractivity contribution in [1.82, 2.24) is 4.98 Å². The highest BCUT2D eigenvalue weighted by Gasteiger charge is 2.09. The topological polar surface area (TPSA) is 158 Å². The molecule has 0 saturated heterocycles. The van der Waals surface area contributed by atoms with Crippen LogP contribution in [-0.4, -0.2) is 46.1 Å². The van der Waals surface area contributed by atoms with Crippen LogP contribution >= 0.6 is 0 Å². The summed E-state index contributed by atoms with van der Waals surface area (Å²) in [5.74, 6) is 1.17. The van der Waals surface area contributed by atoms with Crippen molar-refractivity contribution < 1.29 is 25.6 Å². The molecule has 0 fully saturated rings. The Hall–Kier alpha value is -2.98. The standard InChI is InChI=1S/C18H23N3O6S2.C2H3N/c1-3-28(22,23)16-6-4-15(5-7-16)8-9-19-17-12-14(2)13-18(21-17)20-10-11-27-29(24,25)26;1-2-3/h3-7,12-13H,1,8-11H2,2H3,(H2,19,20,21)(H,24,25,26);1H3. The second-order valence-corrected chi connectivity index (χ2v) is 9.33. The molecular weight excluding hydrogens is 456 g/mol. The third-order valence-corrected chi connectivity index (χ3v) is 5.63. The summed E-state index contributed by atoms with van der Waals surface area (Å²) >= 11 is 0. The van der Waals surface area contributed by atoms with E-state index in [1.165, 1.54) is 6.92 Å². The van der Waals surface area contributed by atoms with Gasteiger partial charge < -0.3 is 10.6 Å². The van der Waals surface area contributed by atoms with E-state index in [1.807, 2.05) is 13.0 Å². The van der Waals surface area contributed by atoms with Gasteiger partial charge >= 0.3 is 10.4 Å². The van der Waals surface area contributed by atoms with Gasteiger partial charge in [0.2, 0.25) is 0 Å². The van der Waals surface area contributed by atoms with E-state index < -0.39 is 20.2 Å². The first-order valence-corrected chi connectivity index (χ1v) is 12.3. The molecule has 1 aromatic carbocycles. The van der Waals surface area contributed by atoms with Crippen LogP contribution in [0.3, 0.4) is 0 Å². The van der Waals surface area contributed by atoms with Crippen molar-refractivity contribution in [2.24, 2.45) is 0 Å². The van der Waals surface area contributed by atoms with E-state index in [-0.39, 0.29) is 18.0 Å². The lowest BCUT2D eigenvalue weighted by Crippen LogP contribution is -2.14. The maximum Gasteiger partial charge on any atom is 0.397 e. The number of nitrogens with one attached hydrogen (secondary N) is 2. The smallest absolute Gasteiger partial charge is 0.370 e. The Kier molecular flexibility index (Phi) is 10.8. The fraction of sp³-hybridized carbons (Fsp3) is 0.300. The van der Waals surface area contributed by atoms with Crippen LogP contribution in [0.15, 0.2) is 53.3 Å². The second-order valence-electron chi connectivity index (χ2n) is 6.35. The lowest BCUT2D eigenvalue weighted by molar-refractivity contribution is 0.278. The molecule has 1 heterocycles. The molecule has 0 bridgehead atoms. The van der Waals surface area contributed by atoms with Gasteiger partial charge in [-0.25, -0.2) is 17.6 Å². The SMILES string of the molecule is C=CS(=O)(=O)c1ccc(CCNc2cc(C)cc(NCCOS(=O)(=O)O)n2)cc1.CC#N. The molecule has 3 N–H and O–H groups in total. The van der Waals surface area contributed by atoms with Crippen molar-refractivity contribution in [3.63, 3.8) is 0 Å². The monoisotopic (exact) mass is 482 g/mol. The Morgan fingerprint density at radius 3 is 2.16 bits per heavy atom. The molecule has 2 aromatic rings. The number of pyridine rings is 1. The zero-order valence-electron chi connectivity index (χ0n) is 17.8. The Balaban J connectivity index is 0.00000161. The van der Waals surface area contributed by atoms with Crippen molar-refractivity contribution in [3.8, 4) is 6.07 Å². The third kappa shape index (κ3) is 10.4. The zero-order chi connectivity index (χ0) is 24.2. The lowest BCUT2D eigenvalue weighted by atomic mass is 10.1. The van der Waals surface area contributed by atoms with E-state index in [1.54, 1.807) is 36.4 Å². The third-order valence-electron chi connectivity index (χ3n) is 3.80. The number of benzene rings is 1. The predicted octanol–water partition coefficient (Wildman–Crippen LogP) is 2.72. The van der Waals surface area contributed by atoms with Gasteiger partial charge in [-0.2, -0.15) is 13.7 Å². The van der Waals surface area contributed by atoms with Crippen LogP contribution < -0.4 is 10.6 Å². The van der Waals surface area contributed by atoms with Crippen LogP contribution in [0.25, 0.3) is 0 Å². The molecule has 0 saturated carbocycles. The van der Waals surface area contributed by atoms with Crippen LogP contribution in [0.4, 0.5) is 11.6 Å². The largest absolute Gasteiger partial charge is 0.397 e. The van der Waals surface area contributed by atoms with E-state index in [2.05, 4.69) is 26.4 Å². The number of nitrogens with zero attached hydrogens (tertiary/aromatic N) is 2. The highest BCUT2D eigenvalue weighted by molar-refractivity contribution is 7.94. The van der Waals surface area contributed by atoms with Crippen LogP contribution in [0.2, 0.25) is 0 Å². The fourth-order valence-electron chi connectivity index (χ4n) is 2.45. The van der Waals surface area contributed by atoms with Crippen molar-refractivity contribution >= 4 is 31.9 Å². The van der Waals surface area contributed by atoms with Gasteiger partial charge in [-0.05, 0) is 48.7 Å². The zero-order valence-corrected chi connectivity index (χ0v) is 19.4. The molecule has 12 heteroatoms. The Morgan fingerprint density at radius 1 is 1.12 bits per heavy atom. The molecule has 0 radical (unpaired) electrons. The highest BCUT2D eigenvalue weighted by atomic mass is 32.3. The van der Waals surface area contributed by atoms with Gasteiger partial charge in [0.1, 0.15) is 11.6 Å². The van der Waals surface area contributed by atoms with Crippen LogP contribution in [0.5, 0.6) is 0 Å². The van der Waals surface area contributed by atoms with Crippen LogP contribution in [0, 0.1) is 18.3 Å². The molecule has 0 amide bonds.